The van der Waals surface area contributed by atoms with E-state index in [2.05, 4.69) is 16.6 Å². The van der Waals surface area contributed by atoms with Gasteiger partial charge in [0, 0.05) is 26.1 Å². The molecule has 26 heavy (non-hydrogen) atoms. The van der Waals surface area contributed by atoms with Crippen LogP contribution < -0.4 is 4.74 Å². The maximum Gasteiger partial charge on any atom is 0.394 e. The first-order valence-corrected chi connectivity index (χ1v) is 10.5. The first kappa shape index (κ1) is 19.7. The quantitative estimate of drug-likeness (QED) is 0.770. The lowest BCUT2D eigenvalue weighted by molar-refractivity contribution is -0.159. The second-order valence-corrected chi connectivity index (χ2v) is 9.00. The minimum atomic E-state index is -3.25. The standard InChI is InChI=1S/C19H28F2N2O2S/c1-15-6-10-22(11-7-15)16-8-12-23(13-9-16)26(24)18-5-3-4-17(14-18)25-19(2,20)21/h3-5,14-16H,6-13H2,1-2H3. The van der Waals surface area contributed by atoms with Crippen molar-refractivity contribution in [2.75, 3.05) is 26.2 Å². The average Bonchev–Trinajstić information content (AvgIpc) is 2.61. The van der Waals surface area contributed by atoms with Gasteiger partial charge in [-0.2, -0.15) is 8.78 Å². The zero-order valence-corrected chi connectivity index (χ0v) is 16.3. The third-order valence-electron chi connectivity index (χ3n) is 5.30. The zero-order valence-electron chi connectivity index (χ0n) is 15.5. The van der Waals surface area contributed by atoms with Crippen molar-refractivity contribution in [3.63, 3.8) is 0 Å². The Labute approximate surface area is 157 Å². The molecule has 1 aromatic rings. The largest absolute Gasteiger partial charge is 0.433 e. The summed E-state index contributed by atoms with van der Waals surface area (Å²) in [5, 5.41) is 0. The lowest BCUT2D eigenvalue weighted by Gasteiger charge is -2.40. The highest BCUT2D eigenvalue weighted by molar-refractivity contribution is 7.82. The van der Waals surface area contributed by atoms with Gasteiger partial charge in [-0.1, -0.05) is 13.0 Å². The van der Waals surface area contributed by atoms with E-state index < -0.39 is 17.1 Å². The van der Waals surface area contributed by atoms with Crippen molar-refractivity contribution < 1.29 is 17.7 Å². The highest BCUT2D eigenvalue weighted by atomic mass is 32.2. The van der Waals surface area contributed by atoms with Crippen molar-refractivity contribution in [1.82, 2.24) is 9.21 Å². The van der Waals surface area contributed by atoms with Crippen LogP contribution in [0.1, 0.15) is 39.5 Å². The molecule has 0 N–H and O–H groups in total. The SMILES string of the molecule is CC1CCN(C2CCN(S(=O)c3cccc(OC(C)(F)F)c3)CC2)CC1. The predicted octanol–water partition coefficient (Wildman–Crippen LogP) is 3.90. The third-order valence-corrected chi connectivity index (χ3v) is 6.79. The third kappa shape index (κ3) is 5.24. The van der Waals surface area contributed by atoms with Gasteiger partial charge in [0.1, 0.15) is 16.7 Å². The molecule has 0 amide bonds. The number of alkyl halides is 2. The molecule has 2 aliphatic rings. The van der Waals surface area contributed by atoms with Crippen molar-refractivity contribution in [3.8, 4) is 5.75 Å². The number of ether oxygens (including phenoxy) is 1. The maximum absolute atomic E-state index is 13.0. The number of piperidine rings is 2. The molecule has 0 radical (unpaired) electrons. The minimum absolute atomic E-state index is 0.0423. The fourth-order valence-corrected chi connectivity index (χ4v) is 5.02. The van der Waals surface area contributed by atoms with Gasteiger partial charge in [0.05, 0.1) is 4.90 Å². The number of benzene rings is 1. The molecular formula is C19H28F2N2O2S. The summed E-state index contributed by atoms with van der Waals surface area (Å²) >= 11 is 0. The summed E-state index contributed by atoms with van der Waals surface area (Å²) in [5.41, 5.74) is 0. The van der Waals surface area contributed by atoms with Gasteiger partial charge in [0.25, 0.3) is 0 Å². The topological polar surface area (TPSA) is 32.8 Å². The van der Waals surface area contributed by atoms with Gasteiger partial charge in [0.2, 0.25) is 0 Å². The van der Waals surface area contributed by atoms with Crippen molar-refractivity contribution in [2.45, 2.75) is 56.6 Å². The minimum Gasteiger partial charge on any atom is -0.433 e. The Morgan fingerprint density at radius 1 is 1.12 bits per heavy atom. The number of likely N-dealkylation sites (tertiary alicyclic amines) is 1. The molecule has 0 aromatic heterocycles. The van der Waals surface area contributed by atoms with Crippen LogP contribution in [-0.2, 0) is 11.0 Å². The molecule has 2 aliphatic heterocycles. The van der Waals surface area contributed by atoms with Gasteiger partial charge < -0.3 is 9.64 Å². The highest BCUT2D eigenvalue weighted by Crippen LogP contribution is 2.27. The normalized spacial score (nSPS) is 23.1. The molecule has 2 heterocycles. The van der Waals surface area contributed by atoms with Gasteiger partial charge >= 0.3 is 6.11 Å². The second-order valence-electron chi connectivity index (χ2n) is 7.51. The van der Waals surface area contributed by atoms with E-state index in [1.54, 1.807) is 12.1 Å². The second kappa shape index (κ2) is 8.31. The molecular weight excluding hydrogens is 358 g/mol. The van der Waals surface area contributed by atoms with Crippen molar-refractivity contribution >= 4 is 11.0 Å². The molecule has 2 saturated heterocycles. The molecule has 2 fully saturated rings. The van der Waals surface area contributed by atoms with Gasteiger partial charge in [0.15, 0.2) is 0 Å². The highest BCUT2D eigenvalue weighted by Gasteiger charge is 2.29. The van der Waals surface area contributed by atoms with E-state index in [0.717, 1.165) is 31.8 Å². The molecule has 0 bridgehead atoms. The van der Waals surface area contributed by atoms with E-state index in [0.29, 0.717) is 17.9 Å². The van der Waals surface area contributed by atoms with Crippen LogP contribution >= 0.6 is 0 Å². The average molecular weight is 387 g/mol. The number of hydrogen-bond donors (Lipinski definition) is 0. The number of nitrogens with zero attached hydrogens (tertiary/aromatic N) is 2. The van der Waals surface area contributed by atoms with Crippen molar-refractivity contribution in [1.29, 1.82) is 0 Å². The molecule has 0 saturated carbocycles. The molecule has 4 nitrogen and oxygen atoms in total. The molecule has 146 valence electrons. The molecule has 3 rings (SSSR count). The van der Waals surface area contributed by atoms with Crippen LogP contribution in [0.25, 0.3) is 0 Å². The van der Waals surface area contributed by atoms with E-state index in [-0.39, 0.29) is 5.75 Å². The summed E-state index contributed by atoms with van der Waals surface area (Å²) in [6.45, 7) is 6.87. The Kier molecular flexibility index (Phi) is 6.30. The molecule has 7 heteroatoms. The molecule has 1 aromatic carbocycles. The molecule has 1 atom stereocenters. The first-order valence-electron chi connectivity index (χ1n) is 9.39. The molecule has 1 unspecified atom stereocenters. The lowest BCUT2D eigenvalue weighted by Crippen LogP contribution is -2.47. The van der Waals surface area contributed by atoms with Crippen molar-refractivity contribution in [2.24, 2.45) is 5.92 Å². The van der Waals surface area contributed by atoms with Gasteiger partial charge in [-0.3, -0.25) is 0 Å². The summed E-state index contributed by atoms with van der Waals surface area (Å²) in [6.07, 6.45) is 1.29. The van der Waals surface area contributed by atoms with Crippen LogP contribution in [0.3, 0.4) is 0 Å². The van der Waals surface area contributed by atoms with Crippen molar-refractivity contribution in [3.05, 3.63) is 24.3 Å². The number of hydrogen-bond acceptors (Lipinski definition) is 3. The number of halogens is 2. The summed E-state index contributed by atoms with van der Waals surface area (Å²) in [7, 11) is -1.34. The van der Waals surface area contributed by atoms with E-state index in [1.165, 1.54) is 38.1 Å². The van der Waals surface area contributed by atoms with E-state index in [4.69, 9.17) is 0 Å². The Morgan fingerprint density at radius 3 is 2.38 bits per heavy atom. The van der Waals surface area contributed by atoms with Crippen LogP contribution in [0.4, 0.5) is 8.78 Å². The zero-order chi connectivity index (χ0) is 18.7. The smallest absolute Gasteiger partial charge is 0.394 e. The van der Waals surface area contributed by atoms with Gasteiger partial charge in [-0.05, 0) is 62.9 Å². The van der Waals surface area contributed by atoms with Crippen LogP contribution in [0, 0.1) is 5.92 Å². The van der Waals surface area contributed by atoms with E-state index in [9.17, 15) is 13.0 Å². The maximum atomic E-state index is 13.0. The Bertz CT molecular complexity index is 622. The monoisotopic (exact) mass is 386 g/mol. The summed E-state index contributed by atoms with van der Waals surface area (Å²) in [6, 6.07) is 6.79. The van der Waals surface area contributed by atoms with Crippen LogP contribution in [0.2, 0.25) is 0 Å². The Morgan fingerprint density at radius 2 is 1.77 bits per heavy atom. The van der Waals surface area contributed by atoms with Crippen LogP contribution in [-0.4, -0.2) is 51.7 Å². The van der Waals surface area contributed by atoms with E-state index >= 15 is 0 Å². The Hall–Kier alpha value is -1.05. The first-order chi connectivity index (χ1) is 12.3. The summed E-state index contributed by atoms with van der Waals surface area (Å²) < 4.78 is 45.4. The number of rotatable bonds is 5. The summed E-state index contributed by atoms with van der Waals surface area (Å²) in [5.74, 6) is 0.865. The fraction of sp³-hybridized carbons (Fsp3) is 0.684. The molecule has 0 aliphatic carbocycles. The Balaban J connectivity index is 1.56. The lowest BCUT2D eigenvalue weighted by atomic mass is 9.95. The summed E-state index contributed by atoms with van der Waals surface area (Å²) in [4.78, 5) is 3.09. The van der Waals surface area contributed by atoms with Crippen LogP contribution in [0.5, 0.6) is 5.75 Å². The predicted molar refractivity (Wildman–Crippen MR) is 98.7 cm³/mol. The van der Waals surface area contributed by atoms with Crippen LogP contribution in [0.15, 0.2) is 29.2 Å². The van der Waals surface area contributed by atoms with Gasteiger partial charge in [-0.25, -0.2) is 8.51 Å². The van der Waals surface area contributed by atoms with Gasteiger partial charge in [-0.15, -0.1) is 0 Å². The van der Waals surface area contributed by atoms with E-state index in [1.807, 2.05) is 4.31 Å². The molecule has 0 spiro atoms. The fourth-order valence-electron chi connectivity index (χ4n) is 3.77.